The number of fused-ring (bicyclic) bond motifs is 3. The minimum Gasteiger partial charge on any atom is -0.457 e. The van der Waals surface area contributed by atoms with Crippen molar-refractivity contribution in [1.29, 1.82) is 0 Å². The van der Waals surface area contributed by atoms with Crippen molar-refractivity contribution in [2.24, 2.45) is 5.41 Å². The van der Waals surface area contributed by atoms with Crippen molar-refractivity contribution in [1.82, 2.24) is 9.55 Å². The number of benzene rings is 6. The van der Waals surface area contributed by atoms with Gasteiger partial charge in [0.25, 0.3) is 0 Å². The van der Waals surface area contributed by atoms with Gasteiger partial charge in [-0.2, -0.15) is 0 Å². The van der Waals surface area contributed by atoms with Gasteiger partial charge in [-0.1, -0.05) is 155 Å². The summed E-state index contributed by atoms with van der Waals surface area (Å²) in [7, 11) is 0. The van der Waals surface area contributed by atoms with E-state index in [-0.39, 0.29) is 21.7 Å². The highest BCUT2D eigenvalue weighted by molar-refractivity contribution is 6.09. The van der Waals surface area contributed by atoms with E-state index in [0.717, 1.165) is 34.0 Å². The maximum atomic E-state index is 6.80. The van der Waals surface area contributed by atoms with Crippen molar-refractivity contribution >= 4 is 33.2 Å². The van der Waals surface area contributed by atoms with Gasteiger partial charge < -0.3 is 14.5 Å². The molecule has 0 bridgehead atoms. The molecule has 1 aliphatic heterocycles. The van der Waals surface area contributed by atoms with Gasteiger partial charge in [0.1, 0.15) is 17.3 Å². The van der Waals surface area contributed by atoms with Crippen LogP contribution in [-0.2, 0) is 16.2 Å². The molecule has 0 radical (unpaired) electrons. The lowest BCUT2D eigenvalue weighted by atomic mass is 9.77. The number of anilines is 2. The van der Waals surface area contributed by atoms with Crippen molar-refractivity contribution in [2.75, 3.05) is 16.5 Å². The molecule has 324 valence electrons. The van der Waals surface area contributed by atoms with Gasteiger partial charge in [0.05, 0.1) is 17.7 Å². The van der Waals surface area contributed by atoms with Crippen molar-refractivity contribution < 1.29 is 4.74 Å². The smallest absolute Gasteiger partial charge is 0.137 e. The molecule has 64 heavy (non-hydrogen) atoms. The molecule has 0 fully saturated rings. The number of pyridine rings is 1. The fraction of sp³-hybridized carbons (Fsp3) is 0.271. The van der Waals surface area contributed by atoms with E-state index in [9.17, 15) is 0 Å². The zero-order valence-corrected chi connectivity index (χ0v) is 39.5. The van der Waals surface area contributed by atoms with Gasteiger partial charge in [-0.05, 0) is 105 Å². The van der Waals surface area contributed by atoms with Gasteiger partial charge in [0.2, 0.25) is 0 Å². The molecule has 8 aromatic rings. The molecule has 3 heterocycles. The average Bonchev–Trinajstić information content (AvgIpc) is 3.87. The molecule has 0 amide bonds. The number of aromatic nitrogens is 2. The van der Waals surface area contributed by atoms with Gasteiger partial charge in [-0.3, -0.25) is 4.57 Å². The number of rotatable bonds is 8. The Kier molecular flexibility index (Phi) is 10.6. The van der Waals surface area contributed by atoms with E-state index in [4.69, 9.17) is 9.72 Å². The first-order valence-corrected chi connectivity index (χ1v) is 22.7. The molecule has 9 rings (SSSR count). The molecular weight excluding hydrogens is 781 g/mol. The number of nitrogens with zero attached hydrogens (tertiary/aromatic N) is 4. The summed E-state index contributed by atoms with van der Waals surface area (Å²) >= 11 is 0. The van der Waals surface area contributed by atoms with Crippen molar-refractivity contribution in [2.45, 2.75) is 92.4 Å². The molecule has 0 aliphatic carbocycles. The summed E-state index contributed by atoms with van der Waals surface area (Å²) in [5, 5.41) is 2.39. The van der Waals surface area contributed by atoms with Crippen LogP contribution in [0.15, 0.2) is 170 Å². The van der Waals surface area contributed by atoms with Crippen LogP contribution in [0.4, 0.5) is 11.4 Å². The van der Waals surface area contributed by atoms with Crippen LogP contribution in [0.25, 0.3) is 38.8 Å². The summed E-state index contributed by atoms with van der Waals surface area (Å²) in [4.78, 5) is 9.79. The lowest BCUT2D eigenvalue weighted by molar-refractivity contribution is 0.483. The van der Waals surface area contributed by atoms with Gasteiger partial charge >= 0.3 is 0 Å². The predicted molar refractivity (Wildman–Crippen MR) is 270 cm³/mol. The van der Waals surface area contributed by atoms with E-state index in [1.165, 1.54) is 55.5 Å². The van der Waals surface area contributed by atoms with E-state index >= 15 is 0 Å². The standard InChI is InChI=1S/C59H62N4O/c1-56(2,3)43-25-28-52-51(34-43)50-27-26-49(37-53(50)63(52)55-35-44(29-30-60-55)57(4,5)6)64-48-24-18-23-46(36-48)61-38-54(58(7,8)9)62(39-61)47-32-41(40-19-14-12-15-20-40)31-45(33-47)59(10,11)42-21-16-13-17-22-42/h12-38H,39H2,1-11H3. The van der Waals surface area contributed by atoms with Gasteiger partial charge in [-0.25, -0.2) is 4.98 Å². The van der Waals surface area contributed by atoms with Crippen LogP contribution >= 0.6 is 0 Å². The summed E-state index contributed by atoms with van der Waals surface area (Å²) in [5.74, 6) is 2.46. The third kappa shape index (κ3) is 8.20. The monoisotopic (exact) mass is 842 g/mol. The molecule has 1 aliphatic rings. The highest BCUT2D eigenvalue weighted by atomic mass is 16.5. The second kappa shape index (κ2) is 15.9. The lowest BCUT2D eigenvalue weighted by Gasteiger charge is -2.33. The van der Waals surface area contributed by atoms with Gasteiger partial charge in [-0.15, -0.1) is 0 Å². The van der Waals surface area contributed by atoms with E-state index in [1.54, 1.807) is 0 Å². The molecule has 2 aromatic heterocycles. The molecule has 0 saturated heterocycles. The van der Waals surface area contributed by atoms with Crippen molar-refractivity contribution in [3.05, 3.63) is 192 Å². The molecule has 0 spiro atoms. The fourth-order valence-corrected chi connectivity index (χ4v) is 9.06. The Morgan fingerprint density at radius 1 is 0.469 bits per heavy atom. The lowest BCUT2D eigenvalue weighted by Crippen LogP contribution is -2.31. The normalized spacial score (nSPS) is 13.8. The second-order valence-corrected chi connectivity index (χ2v) is 21.2. The van der Waals surface area contributed by atoms with Crippen LogP contribution < -0.4 is 14.5 Å². The van der Waals surface area contributed by atoms with Crippen LogP contribution in [0.1, 0.15) is 98.4 Å². The van der Waals surface area contributed by atoms with Crippen molar-refractivity contribution in [3.63, 3.8) is 0 Å². The van der Waals surface area contributed by atoms with Crippen LogP contribution in [-0.4, -0.2) is 16.2 Å². The van der Waals surface area contributed by atoms with Gasteiger partial charge in [0.15, 0.2) is 0 Å². The molecule has 0 saturated carbocycles. The summed E-state index contributed by atoms with van der Waals surface area (Å²) in [6, 6.07) is 55.0. The molecule has 0 N–H and O–H groups in total. The molecule has 6 aromatic carbocycles. The Hall–Kier alpha value is -6.59. The van der Waals surface area contributed by atoms with Crippen LogP contribution in [0.3, 0.4) is 0 Å². The summed E-state index contributed by atoms with van der Waals surface area (Å²) < 4.78 is 9.10. The first-order chi connectivity index (χ1) is 30.3. The Morgan fingerprint density at radius 3 is 1.86 bits per heavy atom. The fourth-order valence-electron chi connectivity index (χ4n) is 9.06. The average molecular weight is 843 g/mol. The Labute approximate surface area is 380 Å². The topological polar surface area (TPSA) is 33.5 Å². The number of allylic oxidation sites excluding steroid dienone is 1. The van der Waals surface area contributed by atoms with E-state index in [2.05, 4.69) is 248 Å². The largest absolute Gasteiger partial charge is 0.457 e. The maximum absolute atomic E-state index is 6.80. The van der Waals surface area contributed by atoms with Crippen LogP contribution in [0.2, 0.25) is 0 Å². The van der Waals surface area contributed by atoms with E-state index in [1.807, 2.05) is 6.20 Å². The number of hydrogen-bond donors (Lipinski definition) is 0. The van der Waals surface area contributed by atoms with Crippen LogP contribution in [0.5, 0.6) is 11.5 Å². The summed E-state index contributed by atoms with van der Waals surface area (Å²) in [5.41, 5.74) is 12.9. The number of hydrogen-bond acceptors (Lipinski definition) is 4. The Balaban J connectivity index is 1.08. The first-order valence-electron chi connectivity index (χ1n) is 22.7. The van der Waals surface area contributed by atoms with Gasteiger partial charge in [0, 0.05) is 63.2 Å². The quantitative estimate of drug-likeness (QED) is 0.153. The number of ether oxygens (including phenoxy) is 1. The third-order valence-corrected chi connectivity index (χ3v) is 13.0. The zero-order valence-electron chi connectivity index (χ0n) is 39.5. The van der Waals surface area contributed by atoms with Crippen molar-refractivity contribution in [3.8, 4) is 28.4 Å². The van der Waals surface area contributed by atoms with E-state index in [0.29, 0.717) is 6.67 Å². The third-order valence-electron chi connectivity index (χ3n) is 13.0. The predicted octanol–water partition coefficient (Wildman–Crippen LogP) is 15.7. The Bertz CT molecular complexity index is 3030. The maximum Gasteiger partial charge on any atom is 0.137 e. The molecule has 0 unspecified atom stereocenters. The molecule has 5 heteroatoms. The molecular formula is C59H62N4O. The minimum atomic E-state index is -0.211. The molecule has 5 nitrogen and oxygen atoms in total. The minimum absolute atomic E-state index is 0.0151. The van der Waals surface area contributed by atoms with E-state index < -0.39 is 0 Å². The second-order valence-electron chi connectivity index (χ2n) is 21.2. The zero-order chi connectivity index (χ0) is 45.2. The SMILES string of the molecule is CC(C)(C)C1=CN(c2cccc(Oc3ccc4c5cc(C(C)(C)C)ccc5n(-c5cc(C(C)(C)C)ccn5)c4c3)c2)CN1c1cc(-c2ccccc2)cc(C(C)(C)c2ccccc2)c1. The highest BCUT2D eigenvalue weighted by Crippen LogP contribution is 2.44. The highest BCUT2D eigenvalue weighted by Gasteiger charge is 2.33. The Morgan fingerprint density at radius 2 is 1.16 bits per heavy atom. The summed E-state index contributed by atoms with van der Waals surface area (Å²) in [6.07, 6.45) is 4.26. The first kappa shape index (κ1) is 42.7. The van der Waals surface area contributed by atoms with Crippen LogP contribution in [0, 0.1) is 5.41 Å². The summed E-state index contributed by atoms with van der Waals surface area (Å²) in [6.45, 7) is 25.8. The molecule has 0 atom stereocenters.